The standard InChI is InChI=1S/C13H25N3O.HI/c1-13(2)10(7-11(13)17-3)16-12(14)15-8-9-5-4-6-9;/h9-11H,4-8H2,1-3H3,(H3,14,15,16);1H. The topological polar surface area (TPSA) is 59.6 Å². The zero-order valence-corrected chi connectivity index (χ0v) is 13.9. The van der Waals surface area contributed by atoms with Gasteiger partial charge in [0.05, 0.1) is 6.10 Å². The average Bonchev–Trinajstić information content (AvgIpc) is 2.21. The lowest BCUT2D eigenvalue weighted by Gasteiger charge is -2.51. The minimum absolute atomic E-state index is 0. The van der Waals surface area contributed by atoms with Gasteiger partial charge in [-0.2, -0.15) is 0 Å². The van der Waals surface area contributed by atoms with Crippen molar-refractivity contribution in [3.05, 3.63) is 0 Å². The van der Waals surface area contributed by atoms with Crippen LogP contribution in [0.1, 0.15) is 39.5 Å². The Hall–Kier alpha value is -0.0400. The lowest BCUT2D eigenvalue weighted by atomic mass is 9.64. The lowest BCUT2D eigenvalue weighted by Crippen LogP contribution is -2.62. The molecule has 2 aliphatic carbocycles. The summed E-state index contributed by atoms with van der Waals surface area (Å²) >= 11 is 0. The number of guanidine groups is 1. The Bertz CT molecular complexity index is 303. The third-order valence-electron chi connectivity index (χ3n) is 4.53. The molecule has 0 aromatic carbocycles. The number of aliphatic imine (C=N–C) groups is 1. The third kappa shape index (κ3) is 3.29. The van der Waals surface area contributed by atoms with E-state index in [1.165, 1.54) is 19.3 Å². The molecule has 0 radical (unpaired) electrons. The molecular weight excluding hydrogens is 341 g/mol. The van der Waals surface area contributed by atoms with Crippen molar-refractivity contribution in [1.82, 2.24) is 5.32 Å². The quantitative estimate of drug-likeness (QED) is 0.455. The molecule has 5 heteroatoms. The van der Waals surface area contributed by atoms with E-state index in [2.05, 4.69) is 24.2 Å². The molecule has 0 heterocycles. The van der Waals surface area contributed by atoms with Crippen LogP contribution in [0.4, 0.5) is 0 Å². The van der Waals surface area contributed by atoms with Crippen LogP contribution >= 0.6 is 24.0 Å². The zero-order valence-electron chi connectivity index (χ0n) is 11.6. The van der Waals surface area contributed by atoms with E-state index in [-0.39, 0.29) is 29.4 Å². The minimum Gasteiger partial charge on any atom is -0.381 e. The van der Waals surface area contributed by atoms with Gasteiger partial charge in [0.15, 0.2) is 5.96 Å². The van der Waals surface area contributed by atoms with Gasteiger partial charge in [-0.25, -0.2) is 0 Å². The molecule has 0 aromatic heterocycles. The number of nitrogens with two attached hydrogens (primary N) is 1. The summed E-state index contributed by atoms with van der Waals surface area (Å²) in [7, 11) is 1.77. The van der Waals surface area contributed by atoms with E-state index < -0.39 is 0 Å². The van der Waals surface area contributed by atoms with Gasteiger partial charge < -0.3 is 15.8 Å². The number of methoxy groups -OCH3 is 1. The third-order valence-corrected chi connectivity index (χ3v) is 4.53. The Morgan fingerprint density at radius 1 is 1.44 bits per heavy atom. The van der Waals surface area contributed by atoms with Crippen molar-refractivity contribution in [2.75, 3.05) is 13.7 Å². The summed E-state index contributed by atoms with van der Waals surface area (Å²) in [6.07, 6.45) is 5.34. The molecule has 2 saturated carbocycles. The first-order valence-electron chi connectivity index (χ1n) is 6.63. The Balaban J connectivity index is 0.00000162. The summed E-state index contributed by atoms with van der Waals surface area (Å²) < 4.78 is 5.42. The second-order valence-electron chi connectivity index (χ2n) is 6.00. The SMILES string of the molecule is COC1CC(NC(N)=NCC2CCC2)C1(C)C.I. The highest BCUT2D eigenvalue weighted by atomic mass is 127. The number of hydrogen-bond acceptors (Lipinski definition) is 2. The van der Waals surface area contributed by atoms with Crippen LogP contribution in [0.25, 0.3) is 0 Å². The molecule has 2 atom stereocenters. The van der Waals surface area contributed by atoms with Crippen molar-refractivity contribution >= 4 is 29.9 Å². The van der Waals surface area contributed by atoms with Crippen LogP contribution in [0.3, 0.4) is 0 Å². The van der Waals surface area contributed by atoms with Crippen LogP contribution in [0, 0.1) is 11.3 Å². The summed E-state index contributed by atoms with van der Waals surface area (Å²) in [4.78, 5) is 4.43. The van der Waals surface area contributed by atoms with Gasteiger partial charge in [-0.3, -0.25) is 4.99 Å². The summed E-state index contributed by atoms with van der Waals surface area (Å²) in [6, 6.07) is 0.387. The maximum Gasteiger partial charge on any atom is 0.188 e. The van der Waals surface area contributed by atoms with Crippen LogP contribution in [0.2, 0.25) is 0 Å². The molecule has 0 amide bonds. The molecule has 2 aliphatic rings. The second kappa shape index (κ2) is 6.41. The molecule has 0 spiro atoms. The first-order chi connectivity index (χ1) is 8.04. The monoisotopic (exact) mass is 367 g/mol. The van der Waals surface area contributed by atoms with E-state index in [9.17, 15) is 0 Å². The summed E-state index contributed by atoms with van der Waals surface area (Å²) in [5.74, 6) is 1.38. The fourth-order valence-corrected chi connectivity index (χ4v) is 2.66. The number of ether oxygens (including phenoxy) is 1. The summed E-state index contributed by atoms with van der Waals surface area (Å²) in [5.41, 5.74) is 6.06. The van der Waals surface area contributed by atoms with Crippen molar-refractivity contribution in [2.24, 2.45) is 22.1 Å². The van der Waals surface area contributed by atoms with Gasteiger partial charge in [0.2, 0.25) is 0 Å². The molecule has 3 N–H and O–H groups in total. The van der Waals surface area contributed by atoms with E-state index in [0.29, 0.717) is 18.1 Å². The van der Waals surface area contributed by atoms with Gasteiger partial charge in [0, 0.05) is 25.1 Å². The van der Waals surface area contributed by atoms with Gasteiger partial charge >= 0.3 is 0 Å². The Labute approximate surface area is 127 Å². The van der Waals surface area contributed by atoms with E-state index >= 15 is 0 Å². The molecule has 0 aliphatic heterocycles. The molecular formula is C13H26IN3O. The fourth-order valence-electron chi connectivity index (χ4n) is 2.66. The Morgan fingerprint density at radius 2 is 2.11 bits per heavy atom. The highest BCUT2D eigenvalue weighted by molar-refractivity contribution is 14.0. The highest BCUT2D eigenvalue weighted by Gasteiger charge is 2.48. The smallest absolute Gasteiger partial charge is 0.188 e. The van der Waals surface area contributed by atoms with Crippen LogP contribution < -0.4 is 11.1 Å². The molecule has 2 fully saturated rings. The van der Waals surface area contributed by atoms with Gasteiger partial charge in [-0.15, -0.1) is 24.0 Å². The molecule has 0 aromatic rings. The van der Waals surface area contributed by atoms with E-state index in [1.807, 2.05) is 0 Å². The lowest BCUT2D eigenvalue weighted by molar-refractivity contribution is -0.0921. The highest BCUT2D eigenvalue weighted by Crippen LogP contribution is 2.42. The first kappa shape index (κ1) is 16.0. The molecule has 18 heavy (non-hydrogen) atoms. The second-order valence-corrected chi connectivity index (χ2v) is 6.00. The number of halogens is 1. The molecule has 4 nitrogen and oxygen atoms in total. The minimum atomic E-state index is 0. The molecule has 106 valence electrons. The Morgan fingerprint density at radius 3 is 2.56 bits per heavy atom. The predicted octanol–water partition coefficient (Wildman–Crippen LogP) is 2.12. The van der Waals surface area contributed by atoms with Crippen molar-refractivity contribution in [3.8, 4) is 0 Å². The van der Waals surface area contributed by atoms with Crippen LogP contribution in [-0.4, -0.2) is 31.8 Å². The normalized spacial score (nSPS) is 30.9. The van der Waals surface area contributed by atoms with Gasteiger partial charge in [0.25, 0.3) is 0 Å². The predicted molar refractivity (Wildman–Crippen MR) is 85.4 cm³/mol. The first-order valence-corrected chi connectivity index (χ1v) is 6.63. The fraction of sp³-hybridized carbons (Fsp3) is 0.923. The number of rotatable bonds is 4. The van der Waals surface area contributed by atoms with Gasteiger partial charge in [0.1, 0.15) is 0 Å². The van der Waals surface area contributed by atoms with E-state index in [0.717, 1.165) is 18.9 Å². The van der Waals surface area contributed by atoms with Crippen molar-refractivity contribution in [2.45, 2.75) is 51.7 Å². The van der Waals surface area contributed by atoms with Gasteiger partial charge in [-0.1, -0.05) is 20.3 Å². The molecule has 2 unspecified atom stereocenters. The van der Waals surface area contributed by atoms with Crippen LogP contribution in [0.5, 0.6) is 0 Å². The number of nitrogens with one attached hydrogen (secondary N) is 1. The molecule has 0 bridgehead atoms. The largest absolute Gasteiger partial charge is 0.381 e. The van der Waals surface area contributed by atoms with E-state index in [4.69, 9.17) is 10.5 Å². The number of hydrogen-bond donors (Lipinski definition) is 2. The summed E-state index contributed by atoms with van der Waals surface area (Å²) in [5, 5.41) is 3.32. The van der Waals surface area contributed by atoms with E-state index in [1.54, 1.807) is 7.11 Å². The molecule has 2 rings (SSSR count). The van der Waals surface area contributed by atoms with Crippen LogP contribution in [-0.2, 0) is 4.74 Å². The van der Waals surface area contributed by atoms with Crippen LogP contribution in [0.15, 0.2) is 4.99 Å². The maximum absolute atomic E-state index is 5.92. The van der Waals surface area contributed by atoms with Crippen molar-refractivity contribution in [1.29, 1.82) is 0 Å². The Kier molecular flexibility index (Phi) is 5.70. The number of nitrogens with zero attached hydrogens (tertiary/aromatic N) is 1. The average molecular weight is 367 g/mol. The summed E-state index contributed by atoms with van der Waals surface area (Å²) in [6.45, 7) is 5.31. The molecule has 0 saturated heterocycles. The van der Waals surface area contributed by atoms with Crippen molar-refractivity contribution in [3.63, 3.8) is 0 Å². The zero-order chi connectivity index (χ0) is 12.5. The van der Waals surface area contributed by atoms with Gasteiger partial charge in [-0.05, 0) is 25.2 Å². The van der Waals surface area contributed by atoms with Crippen molar-refractivity contribution < 1.29 is 4.74 Å². The maximum atomic E-state index is 5.92.